The number of carbonyl (C=O) groups is 2. The van der Waals surface area contributed by atoms with Crippen LogP contribution in [0.1, 0.15) is 18.9 Å². The van der Waals surface area contributed by atoms with E-state index in [1.165, 1.54) is 4.90 Å². The zero-order chi connectivity index (χ0) is 15.4. The van der Waals surface area contributed by atoms with E-state index in [0.717, 1.165) is 6.42 Å². The second kappa shape index (κ2) is 6.30. The summed E-state index contributed by atoms with van der Waals surface area (Å²) >= 11 is 0. The summed E-state index contributed by atoms with van der Waals surface area (Å²) in [6.45, 7) is 2.31. The normalized spacial score (nSPS) is 16.3. The molecule has 0 aliphatic carbocycles. The van der Waals surface area contributed by atoms with E-state index in [1.807, 2.05) is 6.92 Å². The lowest BCUT2D eigenvalue weighted by molar-refractivity contribution is -0.122. The molecule has 1 aliphatic heterocycles. The molecule has 0 spiro atoms. The van der Waals surface area contributed by atoms with Gasteiger partial charge in [0.05, 0.1) is 14.2 Å². The van der Waals surface area contributed by atoms with Crippen LogP contribution < -0.4 is 14.8 Å². The molecule has 1 saturated heterocycles. The van der Waals surface area contributed by atoms with E-state index in [-0.39, 0.29) is 11.6 Å². The lowest BCUT2D eigenvalue weighted by atomic mass is 10.1. The Bertz CT molecular complexity index is 595. The lowest BCUT2D eigenvalue weighted by Crippen LogP contribution is -2.31. The number of hydrogen-bond acceptors (Lipinski definition) is 4. The molecule has 0 bridgehead atoms. The van der Waals surface area contributed by atoms with Crippen molar-refractivity contribution in [1.82, 2.24) is 10.2 Å². The second-order valence-corrected chi connectivity index (χ2v) is 4.55. The summed E-state index contributed by atoms with van der Waals surface area (Å²) < 4.78 is 10.4. The fraction of sp³-hybridized carbons (Fsp3) is 0.333. The molecule has 6 heteroatoms. The average Bonchev–Trinajstić information content (AvgIpc) is 2.75. The summed E-state index contributed by atoms with van der Waals surface area (Å²) in [5, 5.41) is 2.58. The van der Waals surface area contributed by atoms with Gasteiger partial charge in [0.25, 0.3) is 5.91 Å². The fourth-order valence-corrected chi connectivity index (χ4v) is 2.11. The number of ether oxygens (including phenoxy) is 2. The summed E-state index contributed by atoms with van der Waals surface area (Å²) in [7, 11) is 3.10. The lowest BCUT2D eigenvalue weighted by Gasteiger charge is -2.09. The van der Waals surface area contributed by atoms with Crippen LogP contribution >= 0.6 is 0 Å². The van der Waals surface area contributed by atoms with Crippen LogP contribution in [0.15, 0.2) is 23.9 Å². The Morgan fingerprint density at radius 2 is 2.00 bits per heavy atom. The topological polar surface area (TPSA) is 67.9 Å². The number of methoxy groups -OCH3 is 2. The number of carbonyl (C=O) groups excluding carboxylic acids is 2. The van der Waals surface area contributed by atoms with Crippen LogP contribution in [0.4, 0.5) is 4.79 Å². The highest BCUT2D eigenvalue weighted by Gasteiger charge is 2.32. The third kappa shape index (κ3) is 2.99. The molecule has 0 radical (unpaired) electrons. The van der Waals surface area contributed by atoms with E-state index >= 15 is 0 Å². The molecule has 1 aromatic carbocycles. The van der Waals surface area contributed by atoms with Gasteiger partial charge in [-0.2, -0.15) is 0 Å². The van der Waals surface area contributed by atoms with Gasteiger partial charge >= 0.3 is 6.03 Å². The van der Waals surface area contributed by atoms with E-state index in [9.17, 15) is 9.59 Å². The molecule has 0 aromatic heterocycles. The van der Waals surface area contributed by atoms with Crippen molar-refractivity contribution in [3.63, 3.8) is 0 Å². The minimum Gasteiger partial charge on any atom is -0.497 e. The van der Waals surface area contributed by atoms with Gasteiger partial charge in [-0.3, -0.25) is 9.69 Å². The molecule has 0 atom stereocenters. The first-order valence-corrected chi connectivity index (χ1v) is 6.67. The minimum atomic E-state index is -0.394. The maximum absolute atomic E-state index is 12.2. The fourth-order valence-electron chi connectivity index (χ4n) is 2.11. The number of rotatable bonds is 5. The molecule has 112 valence electrons. The number of imide groups is 1. The molecule has 1 N–H and O–H groups in total. The summed E-state index contributed by atoms with van der Waals surface area (Å²) in [5.74, 6) is 0.913. The Labute approximate surface area is 123 Å². The van der Waals surface area contributed by atoms with Crippen LogP contribution in [-0.4, -0.2) is 37.6 Å². The maximum Gasteiger partial charge on any atom is 0.329 e. The van der Waals surface area contributed by atoms with Crippen molar-refractivity contribution < 1.29 is 19.1 Å². The molecule has 1 heterocycles. The Morgan fingerprint density at radius 3 is 2.62 bits per heavy atom. The molecule has 1 aliphatic rings. The average molecular weight is 290 g/mol. The van der Waals surface area contributed by atoms with Gasteiger partial charge in [0.1, 0.15) is 17.2 Å². The van der Waals surface area contributed by atoms with Gasteiger partial charge in [-0.1, -0.05) is 6.92 Å². The Hall–Kier alpha value is -2.50. The van der Waals surface area contributed by atoms with E-state index in [4.69, 9.17) is 9.47 Å². The van der Waals surface area contributed by atoms with Crippen molar-refractivity contribution >= 4 is 18.0 Å². The summed E-state index contributed by atoms with van der Waals surface area (Å²) in [6, 6.07) is 4.86. The van der Waals surface area contributed by atoms with Gasteiger partial charge in [0.2, 0.25) is 0 Å². The van der Waals surface area contributed by atoms with Crippen LogP contribution in [0.2, 0.25) is 0 Å². The first-order valence-electron chi connectivity index (χ1n) is 6.67. The van der Waals surface area contributed by atoms with Crippen LogP contribution in [0.25, 0.3) is 6.08 Å². The van der Waals surface area contributed by atoms with E-state index < -0.39 is 6.03 Å². The van der Waals surface area contributed by atoms with Crippen molar-refractivity contribution in [2.75, 3.05) is 20.8 Å². The number of nitrogens with one attached hydrogen (secondary N) is 1. The number of urea groups is 1. The third-order valence-corrected chi connectivity index (χ3v) is 3.15. The third-order valence-electron chi connectivity index (χ3n) is 3.15. The first-order chi connectivity index (χ1) is 10.1. The van der Waals surface area contributed by atoms with Gasteiger partial charge < -0.3 is 14.8 Å². The zero-order valence-electron chi connectivity index (χ0n) is 12.3. The molecule has 2 rings (SSSR count). The molecular formula is C15H18N2O4. The number of amides is 3. The van der Waals surface area contributed by atoms with Gasteiger partial charge in [0, 0.05) is 12.1 Å². The van der Waals surface area contributed by atoms with Crippen molar-refractivity contribution in [3.05, 3.63) is 29.5 Å². The van der Waals surface area contributed by atoms with Crippen molar-refractivity contribution in [1.29, 1.82) is 0 Å². The molecule has 0 unspecified atom stereocenters. The molecular weight excluding hydrogens is 272 g/mol. The molecule has 1 aromatic rings. The molecule has 21 heavy (non-hydrogen) atoms. The van der Waals surface area contributed by atoms with Crippen LogP contribution in [0.3, 0.4) is 0 Å². The second-order valence-electron chi connectivity index (χ2n) is 4.55. The zero-order valence-corrected chi connectivity index (χ0v) is 12.3. The smallest absolute Gasteiger partial charge is 0.329 e. The van der Waals surface area contributed by atoms with Gasteiger partial charge in [-0.25, -0.2) is 4.79 Å². The number of hydrogen-bond donors (Lipinski definition) is 1. The van der Waals surface area contributed by atoms with Gasteiger partial charge in [-0.05, 0) is 30.7 Å². The van der Waals surface area contributed by atoms with Crippen LogP contribution in [0, 0.1) is 0 Å². The Morgan fingerprint density at radius 1 is 1.24 bits per heavy atom. The van der Waals surface area contributed by atoms with E-state index in [2.05, 4.69) is 5.32 Å². The summed E-state index contributed by atoms with van der Waals surface area (Å²) in [5.41, 5.74) is 0.902. The molecule has 3 amide bonds. The highest BCUT2D eigenvalue weighted by molar-refractivity contribution is 6.14. The Balaban J connectivity index is 2.35. The maximum atomic E-state index is 12.2. The van der Waals surface area contributed by atoms with Crippen molar-refractivity contribution in [3.8, 4) is 11.5 Å². The first kappa shape index (κ1) is 14.9. The van der Waals surface area contributed by atoms with Gasteiger partial charge in [0.15, 0.2) is 0 Å². The Kier molecular flexibility index (Phi) is 4.47. The van der Waals surface area contributed by atoms with Crippen LogP contribution in [0.5, 0.6) is 11.5 Å². The molecule has 6 nitrogen and oxygen atoms in total. The van der Waals surface area contributed by atoms with E-state index in [1.54, 1.807) is 38.5 Å². The predicted octanol–water partition coefficient (Wildman–Crippen LogP) is 2.01. The van der Waals surface area contributed by atoms with Gasteiger partial charge in [-0.15, -0.1) is 0 Å². The highest BCUT2D eigenvalue weighted by Crippen LogP contribution is 2.27. The standard InChI is InChI=1S/C15H18N2O4/c1-4-7-17-14(18)12(16-15(17)19)9-10-8-11(20-2)5-6-13(10)21-3/h5-6,8-9H,4,7H2,1-3H3,(H,16,19)/b12-9+. The highest BCUT2D eigenvalue weighted by atomic mass is 16.5. The summed E-state index contributed by atoms with van der Waals surface area (Å²) in [4.78, 5) is 25.1. The van der Waals surface area contributed by atoms with Crippen molar-refractivity contribution in [2.45, 2.75) is 13.3 Å². The minimum absolute atomic E-state index is 0.236. The SMILES string of the molecule is CCCN1C(=O)N/C(=C/c2cc(OC)ccc2OC)C1=O. The van der Waals surface area contributed by atoms with Crippen LogP contribution in [-0.2, 0) is 4.79 Å². The summed E-state index contributed by atoms with van der Waals surface area (Å²) in [6.07, 6.45) is 2.31. The molecule has 1 fully saturated rings. The quantitative estimate of drug-likeness (QED) is 0.665. The van der Waals surface area contributed by atoms with E-state index in [0.29, 0.717) is 23.6 Å². The van der Waals surface area contributed by atoms with Crippen molar-refractivity contribution in [2.24, 2.45) is 0 Å². The number of benzene rings is 1. The number of nitrogens with zero attached hydrogens (tertiary/aromatic N) is 1. The largest absolute Gasteiger partial charge is 0.497 e. The monoisotopic (exact) mass is 290 g/mol. The molecule has 0 saturated carbocycles. The predicted molar refractivity (Wildman–Crippen MR) is 78.1 cm³/mol.